The van der Waals surface area contributed by atoms with Gasteiger partial charge in [0.25, 0.3) is 5.69 Å². The number of hydrogen-bond acceptors (Lipinski definition) is 9. The molecule has 0 bridgehead atoms. The van der Waals surface area contributed by atoms with Crippen LogP contribution in [0.15, 0.2) is 66.0 Å². The van der Waals surface area contributed by atoms with E-state index < -0.39 is 0 Å². The molecule has 0 aliphatic carbocycles. The van der Waals surface area contributed by atoms with Crippen molar-refractivity contribution in [3.63, 3.8) is 0 Å². The monoisotopic (exact) mass is 491 g/mol. The van der Waals surface area contributed by atoms with Gasteiger partial charge in [0.2, 0.25) is 0 Å². The Morgan fingerprint density at radius 2 is 1.80 bits per heavy atom. The van der Waals surface area contributed by atoms with Gasteiger partial charge in [-0.1, -0.05) is 18.2 Å². The minimum absolute atomic E-state index is 0.0535. The summed E-state index contributed by atoms with van der Waals surface area (Å²) in [5.74, 6) is 1.63. The van der Waals surface area contributed by atoms with Crippen molar-refractivity contribution < 1.29 is 9.66 Å². The molecule has 0 radical (unpaired) electrons. The Morgan fingerprint density at radius 3 is 2.43 bits per heavy atom. The summed E-state index contributed by atoms with van der Waals surface area (Å²) >= 11 is 1.70. The van der Waals surface area contributed by atoms with Crippen molar-refractivity contribution in [3.05, 3.63) is 92.4 Å². The van der Waals surface area contributed by atoms with Gasteiger partial charge in [0, 0.05) is 48.9 Å². The molecule has 0 amide bonds. The zero-order valence-electron chi connectivity index (χ0n) is 19.2. The van der Waals surface area contributed by atoms with Crippen molar-refractivity contribution in [2.24, 2.45) is 0 Å². The molecule has 1 aliphatic heterocycles. The van der Waals surface area contributed by atoms with Gasteiger partial charge in [-0.05, 0) is 51.7 Å². The van der Waals surface area contributed by atoms with Gasteiger partial charge in [0.1, 0.15) is 11.8 Å². The number of non-ortho nitro benzene ring substituents is 1. The van der Waals surface area contributed by atoms with Gasteiger partial charge < -0.3 is 9.64 Å². The zero-order chi connectivity index (χ0) is 24.2. The molecule has 35 heavy (non-hydrogen) atoms. The number of benzene rings is 2. The fourth-order valence-corrected chi connectivity index (χ4v) is 5.22. The molecule has 180 valence electrons. The van der Waals surface area contributed by atoms with Gasteiger partial charge in [0.15, 0.2) is 5.82 Å². The summed E-state index contributed by atoms with van der Waals surface area (Å²) in [5.41, 5.74) is 2.19. The molecule has 1 saturated heterocycles. The summed E-state index contributed by atoms with van der Waals surface area (Å²) in [5, 5.41) is 25.8. The Kier molecular flexibility index (Phi) is 6.68. The first-order valence-corrected chi connectivity index (χ1v) is 12.2. The maximum Gasteiger partial charge on any atom is 0.269 e. The van der Waals surface area contributed by atoms with Gasteiger partial charge in [0.05, 0.1) is 18.6 Å². The topological polar surface area (TPSA) is 102 Å². The first-order valence-electron chi connectivity index (χ1n) is 11.3. The molecule has 0 N–H and O–H groups in total. The Hall–Kier alpha value is -3.83. The Balaban J connectivity index is 1.34. The quantitative estimate of drug-likeness (QED) is 0.272. The van der Waals surface area contributed by atoms with Crippen molar-refractivity contribution in [1.29, 1.82) is 0 Å². The molecule has 1 atom stereocenters. The molecular weight excluding hydrogens is 466 g/mol. The predicted octanol–water partition coefficient (Wildman–Crippen LogP) is 3.61. The molecule has 10 nitrogen and oxygen atoms in total. The van der Waals surface area contributed by atoms with Crippen LogP contribution in [0.5, 0.6) is 5.75 Å². The first-order chi connectivity index (χ1) is 17.1. The van der Waals surface area contributed by atoms with E-state index in [0.717, 1.165) is 49.0 Å². The average Bonchev–Trinajstić information content (AvgIpc) is 3.59. The number of nitro groups is 1. The van der Waals surface area contributed by atoms with Crippen molar-refractivity contribution in [1.82, 2.24) is 25.1 Å². The molecule has 4 aromatic rings. The fraction of sp³-hybridized carbons (Fsp3) is 0.292. The molecule has 0 saturated carbocycles. The van der Waals surface area contributed by atoms with Crippen LogP contribution in [0.25, 0.3) is 0 Å². The van der Waals surface area contributed by atoms with Crippen molar-refractivity contribution in [2.75, 3.05) is 38.2 Å². The van der Waals surface area contributed by atoms with Crippen LogP contribution in [0, 0.1) is 10.1 Å². The Labute approximate surface area is 206 Å². The van der Waals surface area contributed by atoms with Gasteiger partial charge in [-0.25, -0.2) is 4.68 Å². The largest absolute Gasteiger partial charge is 0.497 e. The van der Waals surface area contributed by atoms with E-state index in [2.05, 4.69) is 42.8 Å². The highest BCUT2D eigenvalue weighted by Gasteiger charge is 2.31. The van der Waals surface area contributed by atoms with Crippen LogP contribution in [0.1, 0.15) is 22.3 Å². The standard InChI is InChI=1S/C24H25N7O3S/c1-34-21-10-4-18(5-11-21)17-30-24(25-26-27-30)23(22-3-2-16-35-22)29-14-12-28(13-15-29)19-6-8-20(9-7-19)31(32)33/h2-11,16,23H,12-15,17H2,1H3/t23-/m0/s1. The van der Waals surface area contributed by atoms with Gasteiger partial charge in [-0.3, -0.25) is 15.0 Å². The minimum Gasteiger partial charge on any atom is -0.497 e. The lowest BCUT2D eigenvalue weighted by molar-refractivity contribution is -0.384. The van der Waals surface area contributed by atoms with Gasteiger partial charge in [-0.15, -0.1) is 16.4 Å². The number of piperazine rings is 1. The van der Waals surface area contributed by atoms with Crippen LogP contribution >= 0.6 is 11.3 Å². The highest BCUT2D eigenvalue weighted by Crippen LogP contribution is 2.32. The minimum atomic E-state index is -0.372. The summed E-state index contributed by atoms with van der Waals surface area (Å²) in [6, 6.07) is 18.8. The molecule has 3 heterocycles. The van der Waals surface area contributed by atoms with E-state index in [9.17, 15) is 10.1 Å². The Morgan fingerprint density at radius 1 is 1.06 bits per heavy atom. The number of hydrogen-bond donors (Lipinski definition) is 0. The van der Waals surface area contributed by atoms with Crippen LogP contribution in [-0.2, 0) is 6.54 Å². The molecule has 0 unspecified atom stereocenters. The fourth-order valence-electron chi connectivity index (χ4n) is 4.36. The van der Waals surface area contributed by atoms with Crippen LogP contribution in [-0.4, -0.2) is 63.3 Å². The number of nitro benzene ring substituents is 1. The molecule has 1 aliphatic rings. The summed E-state index contributed by atoms with van der Waals surface area (Å²) in [6.45, 7) is 3.81. The maximum absolute atomic E-state index is 11.0. The van der Waals surface area contributed by atoms with Crippen LogP contribution in [0.4, 0.5) is 11.4 Å². The van der Waals surface area contributed by atoms with E-state index in [0.29, 0.717) is 6.54 Å². The van der Waals surface area contributed by atoms with Crippen LogP contribution < -0.4 is 9.64 Å². The molecule has 1 fully saturated rings. The number of ether oxygens (including phenoxy) is 1. The number of aromatic nitrogens is 4. The molecule has 11 heteroatoms. The third-order valence-electron chi connectivity index (χ3n) is 6.21. The summed E-state index contributed by atoms with van der Waals surface area (Å²) in [7, 11) is 1.65. The van der Waals surface area contributed by atoms with E-state index in [1.165, 1.54) is 4.88 Å². The lowest BCUT2D eigenvalue weighted by atomic mass is 10.1. The Bertz CT molecular complexity index is 1250. The maximum atomic E-state index is 11.0. The summed E-state index contributed by atoms with van der Waals surface area (Å²) < 4.78 is 7.14. The number of methoxy groups -OCH3 is 1. The third-order valence-corrected chi connectivity index (χ3v) is 7.14. The predicted molar refractivity (Wildman–Crippen MR) is 133 cm³/mol. The van der Waals surface area contributed by atoms with E-state index >= 15 is 0 Å². The number of anilines is 1. The van der Waals surface area contributed by atoms with Crippen molar-refractivity contribution >= 4 is 22.7 Å². The van der Waals surface area contributed by atoms with Gasteiger partial charge in [-0.2, -0.15) is 0 Å². The summed E-state index contributed by atoms with van der Waals surface area (Å²) in [4.78, 5) is 16.5. The molecule has 2 aromatic heterocycles. The molecule has 2 aromatic carbocycles. The first kappa shape index (κ1) is 22.9. The number of rotatable bonds is 8. The highest BCUT2D eigenvalue weighted by atomic mass is 32.1. The van der Waals surface area contributed by atoms with Crippen molar-refractivity contribution in [3.8, 4) is 5.75 Å². The number of thiophene rings is 1. The number of tetrazole rings is 1. The molecule has 0 spiro atoms. The second kappa shape index (κ2) is 10.2. The second-order valence-electron chi connectivity index (χ2n) is 8.26. The second-order valence-corrected chi connectivity index (χ2v) is 9.24. The summed E-state index contributed by atoms with van der Waals surface area (Å²) in [6.07, 6.45) is 0. The van der Waals surface area contributed by atoms with Crippen molar-refractivity contribution in [2.45, 2.75) is 12.6 Å². The number of nitrogens with zero attached hydrogens (tertiary/aromatic N) is 7. The van der Waals surface area contributed by atoms with Crippen LogP contribution in [0.2, 0.25) is 0 Å². The molecule has 5 rings (SSSR count). The smallest absolute Gasteiger partial charge is 0.269 e. The lowest BCUT2D eigenvalue weighted by Crippen LogP contribution is -2.48. The van der Waals surface area contributed by atoms with Crippen LogP contribution in [0.3, 0.4) is 0 Å². The molecular formula is C24H25N7O3S. The SMILES string of the molecule is COc1ccc(Cn2nnnc2[C@H](c2cccs2)N2CCN(c3ccc([N+](=O)[O-])cc3)CC2)cc1. The zero-order valence-corrected chi connectivity index (χ0v) is 20.0. The van der Waals surface area contributed by atoms with E-state index in [-0.39, 0.29) is 16.7 Å². The average molecular weight is 492 g/mol. The van der Waals surface area contributed by atoms with E-state index in [4.69, 9.17) is 4.74 Å². The highest BCUT2D eigenvalue weighted by molar-refractivity contribution is 7.10. The van der Waals surface area contributed by atoms with E-state index in [1.54, 1.807) is 30.6 Å². The van der Waals surface area contributed by atoms with Gasteiger partial charge >= 0.3 is 0 Å². The lowest BCUT2D eigenvalue weighted by Gasteiger charge is -2.39. The third kappa shape index (κ3) is 5.00. The normalized spacial score (nSPS) is 15.2. The van der Waals surface area contributed by atoms with E-state index in [1.807, 2.05) is 41.1 Å².